The Labute approximate surface area is 178 Å². The van der Waals surface area contributed by atoms with E-state index in [0.717, 1.165) is 55.3 Å². The van der Waals surface area contributed by atoms with Gasteiger partial charge >= 0.3 is 0 Å². The molecule has 3 unspecified atom stereocenters. The minimum absolute atomic E-state index is 0.0321. The molecule has 4 saturated carbocycles. The van der Waals surface area contributed by atoms with Crippen molar-refractivity contribution in [2.75, 3.05) is 13.2 Å². The van der Waals surface area contributed by atoms with E-state index in [4.69, 9.17) is 10.6 Å². The van der Waals surface area contributed by atoms with Gasteiger partial charge in [0.05, 0.1) is 6.10 Å². The maximum absolute atomic E-state index is 10.2. The van der Waals surface area contributed by atoms with Gasteiger partial charge in [-0.1, -0.05) is 19.0 Å². The van der Waals surface area contributed by atoms with Crippen molar-refractivity contribution in [2.45, 2.75) is 97.0 Å². The molecular weight excluding hydrogens is 360 g/mol. The zero-order chi connectivity index (χ0) is 20.5. The van der Waals surface area contributed by atoms with E-state index in [1.807, 2.05) is 6.21 Å². The number of fused-ring (bicyclic) bond motifs is 5. The van der Waals surface area contributed by atoms with E-state index in [1.165, 1.54) is 51.4 Å². The topological polar surface area (TPSA) is 67.8 Å². The standard InChI is InChI=1S/C25H44N2O2/c1-24-13-11-23-21(8-6-19-17-20(28)10-12-25(19,23)2)22(24)9-7-18(24)5-3-15-27-29-16-4-14-26/h15,18-23,28H,3-14,16-17,26H2,1-2H3/t18?,19?,20?,21-,22-,23+,24+,25-/m0/s1. The van der Waals surface area contributed by atoms with Crippen LogP contribution in [0.1, 0.15) is 90.9 Å². The number of nitrogens with two attached hydrogens (primary N) is 1. The third-order valence-corrected chi connectivity index (χ3v) is 10.1. The third kappa shape index (κ3) is 4.01. The van der Waals surface area contributed by atoms with Crippen molar-refractivity contribution in [3.8, 4) is 0 Å². The van der Waals surface area contributed by atoms with Gasteiger partial charge in [0, 0.05) is 6.21 Å². The van der Waals surface area contributed by atoms with Gasteiger partial charge in [0.2, 0.25) is 0 Å². The molecular formula is C25H44N2O2. The summed E-state index contributed by atoms with van der Waals surface area (Å²) in [5, 5.41) is 14.3. The van der Waals surface area contributed by atoms with E-state index in [9.17, 15) is 5.11 Å². The Morgan fingerprint density at radius 1 is 1.03 bits per heavy atom. The van der Waals surface area contributed by atoms with Crippen LogP contribution in [0.25, 0.3) is 0 Å². The molecule has 4 rings (SSSR count). The first-order valence-corrected chi connectivity index (χ1v) is 12.5. The summed E-state index contributed by atoms with van der Waals surface area (Å²) in [5.74, 6) is 4.38. The molecule has 0 saturated heterocycles. The van der Waals surface area contributed by atoms with Crippen LogP contribution < -0.4 is 5.73 Å². The molecule has 0 aromatic carbocycles. The van der Waals surface area contributed by atoms with Crippen molar-refractivity contribution in [1.82, 2.24) is 0 Å². The Morgan fingerprint density at radius 2 is 1.83 bits per heavy atom. The minimum atomic E-state index is -0.0321. The summed E-state index contributed by atoms with van der Waals surface area (Å²) < 4.78 is 0. The van der Waals surface area contributed by atoms with Crippen LogP contribution in [0.3, 0.4) is 0 Å². The third-order valence-electron chi connectivity index (χ3n) is 10.1. The molecule has 0 radical (unpaired) electrons. The number of oxime groups is 1. The van der Waals surface area contributed by atoms with Crippen LogP contribution >= 0.6 is 0 Å². The van der Waals surface area contributed by atoms with Crippen molar-refractivity contribution >= 4 is 6.21 Å². The van der Waals surface area contributed by atoms with E-state index in [0.29, 0.717) is 24.0 Å². The molecule has 3 N–H and O–H groups in total. The lowest BCUT2D eigenvalue weighted by Crippen LogP contribution is -2.53. The summed E-state index contributed by atoms with van der Waals surface area (Å²) >= 11 is 0. The number of nitrogens with zero attached hydrogens (tertiary/aromatic N) is 1. The Kier molecular flexibility index (Phi) is 6.61. The largest absolute Gasteiger partial charge is 0.396 e. The molecule has 0 aliphatic heterocycles. The Hall–Kier alpha value is -0.610. The lowest BCUT2D eigenvalue weighted by molar-refractivity contribution is -0.126. The molecule has 4 nitrogen and oxygen atoms in total. The molecule has 4 heteroatoms. The van der Waals surface area contributed by atoms with Crippen molar-refractivity contribution in [2.24, 2.45) is 51.3 Å². The molecule has 8 atom stereocenters. The van der Waals surface area contributed by atoms with Crippen molar-refractivity contribution in [1.29, 1.82) is 0 Å². The maximum Gasteiger partial charge on any atom is 0.118 e. The molecule has 0 bridgehead atoms. The fraction of sp³-hybridized carbons (Fsp3) is 0.960. The van der Waals surface area contributed by atoms with Gasteiger partial charge in [-0.25, -0.2) is 0 Å². The second kappa shape index (κ2) is 8.86. The van der Waals surface area contributed by atoms with Crippen LogP contribution in [-0.2, 0) is 4.84 Å². The van der Waals surface area contributed by atoms with Crippen molar-refractivity contribution < 1.29 is 9.94 Å². The Balaban J connectivity index is 1.36. The van der Waals surface area contributed by atoms with Gasteiger partial charge in [-0.2, -0.15) is 0 Å². The highest BCUT2D eigenvalue weighted by Crippen LogP contribution is 2.67. The average molecular weight is 405 g/mol. The van der Waals surface area contributed by atoms with Crippen LogP contribution in [0.2, 0.25) is 0 Å². The summed E-state index contributed by atoms with van der Waals surface area (Å²) in [6.07, 6.45) is 17.0. The van der Waals surface area contributed by atoms with E-state index >= 15 is 0 Å². The quantitative estimate of drug-likeness (QED) is 0.351. The maximum atomic E-state index is 10.2. The number of hydrogen-bond donors (Lipinski definition) is 2. The molecule has 4 aliphatic rings. The van der Waals surface area contributed by atoms with Crippen LogP contribution in [0.4, 0.5) is 0 Å². The first kappa shape index (κ1) is 21.6. The predicted molar refractivity (Wildman–Crippen MR) is 119 cm³/mol. The number of aliphatic hydroxyl groups excluding tert-OH is 1. The lowest BCUT2D eigenvalue weighted by Gasteiger charge is -2.61. The van der Waals surface area contributed by atoms with Gasteiger partial charge in [0.25, 0.3) is 0 Å². The second-order valence-corrected chi connectivity index (χ2v) is 11.2. The first-order chi connectivity index (χ1) is 14.0. The molecule has 0 amide bonds. The summed E-state index contributed by atoms with van der Waals surface area (Å²) in [4.78, 5) is 5.28. The van der Waals surface area contributed by atoms with Gasteiger partial charge in [-0.3, -0.25) is 0 Å². The first-order valence-electron chi connectivity index (χ1n) is 12.5. The molecule has 166 valence electrons. The molecule has 29 heavy (non-hydrogen) atoms. The monoisotopic (exact) mass is 404 g/mol. The van der Waals surface area contributed by atoms with Crippen LogP contribution in [0, 0.1) is 40.4 Å². The highest BCUT2D eigenvalue weighted by molar-refractivity contribution is 5.56. The van der Waals surface area contributed by atoms with E-state index < -0.39 is 0 Å². The summed E-state index contributed by atoms with van der Waals surface area (Å²) in [7, 11) is 0. The van der Waals surface area contributed by atoms with E-state index in [2.05, 4.69) is 19.0 Å². The van der Waals surface area contributed by atoms with Gasteiger partial charge in [0.15, 0.2) is 0 Å². The molecule has 0 spiro atoms. The van der Waals surface area contributed by atoms with Gasteiger partial charge in [-0.05, 0) is 124 Å². The number of hydrogen-bond acceptors (Lipinski definition) is 4. The number of rotatable bonds is 7. The van der Waals surface area contributed by atoms with Crippen molar-refractivity contribution in [3.63, 3.8) is 0 Å². The van der Waals surface area contributed by atoms with E-state index in [1.54, 1.807) is 0 Å². The van der Waals surface area contributed by atoms with Gasteiger partial charge < -0.3 is 15.7 Å². The zero-order valence-electron chi connectivity index (χ0n) is 18.8. The van der Waals surface area contributed by atoms with Crippen LogP contribution in [-0.4, -0.2) is 30.6 Å². The van der Waals surface area contributed by atoms with Crippen LogP contribution in [0.15, 0.2) is 5.16 Å². The van der Waals surface area contributed by atoms with E-state index in [-0.39, 0.29) is 6.10 Å². The average Bonchev–Trinajstić information content (AvgIpc) is 3.04. The van der Waals surface area contributed by atoms with Gasteiger partial charge in [0.1, 0.15) is 6.61 Å². The lowest BCUT2D eigenvalue weighted by atomic mass is 9.44. The van der Waals surface area contributed by atoms with Gasteiger partial charge in [-0.15, -0.1) is 0 Å². The summed E-state index contributed by atoms with van der Waals surface area (Å²) in [5.41, 5.74) is 6.51. The second-order valence-electron chi connectivity index (χ2n) is 11.2. The zero-order valence-corrected chi connectivity index (χ0v) is 18.8. The SMILES string of the molecule is C[C@]12CCC(O)CC1CC[C@@H]1[C@H]2CC[C@]2(C)C(CCC=NOCCCN)CC[C@@H]12. The molecule has 0 aromatic rings. The highest BCUT2D eigenvalue weighted by atomic mass is 16.6. The fourth-order valence-corrected chi connectivity index (χ4v) is 8.40. The van der Waals surface area contributed by atoms with Crippen molar-refractivity contribution in [3.05, 3.63) is 0 Å². The molecule has 4 aliphatic carbocycles. The fourth-order valence-electron chi connectivity index (χ4n) is 8.40. The molecule has 0 aromatic heterocycles. The molecule has 0 heterocycles. The summed E-state index contributed by atoms with van der Waals surface area (Å²) in [6.45, 7) is 6.52. The highest BCUT2D eigenvalue weighted by Gasteiger charge is 2.59. The Morgan fingerprint density at radius 3 is 2.66 bits per heavy atom. The minimum Gasteiger partial charge on any atom is -0.396 e. The normalized spacial score (nSPS) is 46.9. The molecule has 4 fully saturated rings. The smallest absolute Gasteiger partial charge is 0.118 e. The Bertz CT molecular complexity index is 581. The predicted octanol–water partition coefficient (Wildman–Crippen LogP) is 5.14. The van der Waals surface area contributed by atoms with Crippen LogP contribution in [0.5, 0.6) is 0 Å². The number of aliphatic hydroxyl groups is 1. The summed E-state index contributed by atoms with van der Waals surface area (Å²) in [6, 6.07) is 0.